The van der Waals surface area contributed by atoms with Gasteiger partial charge in [0.15, 0.2) is 0 Å². The molecule has 1 aromatic heterocycles. The first-order valence-corrected chi connectivity index (χ1v) is 10.7. The predicted octanol–water partition coefficient (Wildman–Crippen LogP) is 4.06. The van der Waals surface area contributed by atoms with E-state index in [-0.39, 0.29) is 18.4 Å². The third-order valence-electron chi connectivity index (χ3n) is 5.18. The van der Waals surface area contributed by atoms with Gasteiger partial charge in [-0.3, -0.25) is 14.6 Å². The highest BCUT2D eigenvalue weighted by Crippen LogP contribution is 2.25. The lowest BCUT2D eigenvalue weighted by Crippen LogP contribution is -2.39. The first-order chi connectivity index (χ1) is 15.5. The minimum absolute atomic E-state index is 0.0448. The Kier molecular flexibility index (Phi) is 7.97. The highest BCUT2D eigenvalue weighted by atomic mass is 16.5. The largest absolute Gasteiger partial charge is 0.488 e. The number of rotatable bonds is 9. The monoisotopic (exact) mass is 431 g/mol. The summed E-state index contributed by atoms with van der Waals surface area (Å²) >= 11 is 0. The maximum absolute atomic E-state index is 12.7. The molecule has 166 valence electrons. The van der Waals surface area contributed by atoms with Crippen molar-refractivity contribution in [3.8, 4) is 5.75 Å². The van der Waals surface area contributed by atoms with Crippen LogP contribution in [0.25, 0.3) is 0 Å². The molecule has 0 aliphatic rings. The zero-order chi connectivity index (χ0) is 22.9. The van der Waals surface area contributed by atoms with Crippen LogP contribution in [0.3, 0.4) is 0 Å². The van der Waals surface area contributed by atoms with E-state index in [1.54, 1.807) is 29.4 Å². The van der Waals surface area contributed by atoms with E-state index in [0.29, 0.717) is 25.3 Å². The molecule has 2 aromatic carbocycles. The molecule has 0 bridgehead atoms. The SMILES string of the molecule is CCN(Cc1ccccc1)C(=O)CNC(=O)c1cc(C)c(OCc2cccnc2)c(C)c1. The van der Waals surface area contributed by atoms with Crippen molar-refractivity contribution in [2.24, 2.45) is 0 Å². The number of aromatic nitrogens is 1. The van der Waals surface area contributed by atoms with Crippen LogP contribution in [0.15, 0.2) is 67.0 Å². The fraction of sp³-hybridized carbons (Fsp3) is 0.269. The highest BCUT2D eigenvalue weighted by molar-refractivity contribution is 5.97. The summed E-state index contributed by atoms with van der Waals surface area (Å²) in [5.41, 5.74) is 4.27. The summed E-state index contributed by atoms with van der Waals surface area (Å²) in [4.78, 5) is 31.1. The topological polar surface area (TPSA) is 71.5 Å². The van der Waals surface area contributed by atoms with Gasteiger partial charge < -0.3 is 15.0 Å². The number of hydrogen-bond donors (Lipinski definition) is 1. The molecule has 0 unspecified atom stereocenters. The molecule has 0 fully saturated rings. The third kappa shape index (κ3) is 6.17. The molecule has 2 amide bonds. The highest BCUT2D eigenvalue weighted by Gasteiger charge is 2.16. The van der Waals surface area contributed by atoms with Gasteiger partial charge in [-0.2, -0.15) is 0 Å². The molecule has 6 heteroatoms. The number of nitrogens with zero attached hydrogens (tertiary/aromatic N) is 2. The summed E-state index contributed by atoms with van der Waals surface area (Å²) in [5.74, 6) is 0.357. The van der Waals surface area contributed by atoms with Gasteiger partial charge in [-0.15, -0.1) is 0 Å². The van der Waals surface area contributed by atoms with Crippen molar-refractivity contribution in [2.45, 2.75) is 33.9 Å². The first-order valence-electron chi connectivity index (χ1n) is 10.7. The number of benzene rings is 2. The van der Waals surface area contributed by atoms with Crippen LogP contribution in [0, 0.1) is 13.8 Å². The number of amides is 2. The van der Waals surface area contributed by atoms with Gasteiger partial charge >= 0.3 is 0 Å². The van der Waals surface area contributed by atoms with E-state index >= 15 is 0 Å². The molecular formula is C26H29N3O3. The lowest BCUT2D eigenvalue weighted by atomic mass is 10.0. The van der Waals surface area contributed by atoms with Gasteiger partial charge in [0.1, 0.15) is 12.4 Å². The molecule has 0 aliphatic carbocycles. The summed E-state index contributed by atoms with van der Waals surface area (Å²) < 4.78 is 5.96. The lowest BCUT2D eigenvalue weighted by molar-refractivity contribution is -0.130. The Morgan fingerprint density at radius 2 is 1.69 bits per heavy atom. The van der Waals surface area contributed by atoms with E-state index in [1.165, 1.54) is 0 Å². The van der Waals surface area contributed by atoms with E-state index in [9.17, 15) is 9.59 Å². The van der Waals surface area contributed by atoms with E-state index in [2.05, 4.69) is 10.3 Å². The minimum atomic E-state index is -0.279. The Morgan fingerprint density at radius 3 is 2.31 bits per heavy atom. The molecular weight excluding hydrogens is 402 g/mol. The van der Waals surface area contributed by atoms with Gasteiger partial charge in [0, 0.05) is 36.6 Å². The summed E-state index contributed by atoms with van der Waals surface area (Å²) in [7, 11) is 0. The number of aryl methyl sites for hydroxylation is 2. The van der Waals surface area contributed by atoms with Gasteiger partial charge in [-0.1, -0.05) is 36.4 Å². The Morgan fingerprint density at radius 1 is 1.00 bits per heavy atom. The zero-order valence-electron chi connectivity index (χ0n) is 18.8. The van der Waals surface area contributed by atoms with E-state index in [4.69, 9.17) is 4.74 Å². The molecule has 1 heterocycles. The summed E-state index contributed by atoms with van der Waals surface area (Å²) in [6.07, 6.45) is 3.49. The van der Waals surface area contributed by atoms with Crippen LogP contribution in [-0.2, 0) is 17.9 Å². The van der Waals surface area contributed by atoms with Crippen molar-refractivity contribution in [1.82, 2.24) is 15.2 Å². The van der Waals surface area contributed by atoms with E-state index < -0.39 is 0 Å². The lowest BCUT2D eigenvalue weighted by Gasteiger charge is -2.21. The third-order valence-corrected chi connectivity index (χ3v) is 5.18. The number of hydrogen-bond acceptors (Lipinski definition) is 4. The van der Waals surface area contributed by atoms with E-state index in [0.717, 1.165) is 28.0 Å². The van der Waals surface area contributed by atoms with Gasteiger partial charge in [-0.05, 0) is 55.7 Å². The van der Waals surface area contributed by atoms with Crippen LogP contribution in [0.2, 0.25) is 0 Å². The second-order valence-electron chi connectivity index (χ2n) is 7.67. The smallest absolute Gasteiger partial charge is 0.251 e. The number of carbonyl (C=O) groups is 2. The summed E-state index contributed by atoms with van der Waals surface area (Å²) in [6, 6.07) is 17.2. The molecule has 3 aromatic rings. The molecule has 0 aliphatic heterocycles. The van der Waals surface area contributed by atoms with Crippen molar-refractivity contribution < 1.29 is 14.3 Å². The van der Waals surface area contributed by atoms with Crippen LogP contribution >= 0.6 is 0 Å². The van der Waals surface area contributed by atoms with Crippen molar-refractivity contribution in [1.29, 1.82) is 0 Å². The van der Waals surface area contributed by atoms with Crippen molar-refractivity contribution >= 4 is 11.8 Å². The standard InChI is InChI=1S/C26H29N3O3/c1-4-29(17-21-9-6-5-7-10-21)24(30)16-28-26(31)23-13-19(2)25(20(3)14-23)32-18-22-11-8-12-27-15-22/h5-15H,4,16-18H2,1-3H3,(H,28,31). The summed E-state index contributed by atoms with van der Waals surface area (Å²) in [5, 5.41) is 2.75. The zero-order valence-corrected chi connectivity index (χ0v) is 18.8. The van der Waals surface area contributed by atoms with Gasteiger partial charge in [0.05, 0.1) is 6.54 Å². The average Bonchev–Trinajstić information content (AvgIpc) is 2.81. The molecule has 0 atom stereocenters. The molecule has 32 heavy (non-hydrogen) atoms. The second kappa shape index (κ2) is 11.1. The van der Waals surface area contributed by atoms with Crippen LogP contribution in [-0.4, -0.2) is 34.8 Å². The van der Waals surface area contributed by atoms with Crippen LogP contribution in [0.1, 0.15) is 39.5 Å². The maximum atomic E-state index is 12.7. The predicted molar refractivity (Wildman–Crippen MR) is 124 cm³/mol. The van der Waals surface area contributed by atoms with Crippen molar-refractivity contribution in [3.05, 3.63) is 94.8 Å². The van der Waals surface area contributed by atoms with Gasteiger partial charge in [0.25, 0.3) is 5.91 Å². The van der Waals surface area contributed by atoms with Crippen molar-refractivity contribution in [2.75, 3.05) is 13.1 Å². The number of nitrogens with one attached hydrogen (secondary N) is 1. The van der Waals surface area contributed by atoms with Gasteiger partial charge in [-0.25, -0.2) is 0 Å². The van der Waals surface area contributed by atoms with Crippen LogP contribution in [0.5, 0.6) is 5.75 Å². The number of likely N-dealkylation sites (N-methyl/N-ethyl adjacent to an activating group) is 1. The molecule has 1 N–H and O–H groups in total. The Hall–Kier alpha value is -3.67. The molecule has 6 nitrogen and oxygen atoms in total. The Bertz CT molecular complexity index is 1030. The molecule has 3 rings (SSSR count). The fourth-order valence-electron chi connectivity index (χ4n) is 3.50. The normalized spacial score (nSPS) is 10.5. The second-order valence-corrected chi connectivity index (χ2v) is 7.67. The Balaban J connectivity index is 1.59. The van der Waals surface area contributed by atoms with Crippen LogP contribution in [0.4, 0.5) is 0 Å². The molecule has 0 radical (unpaired) electrons. The maximum Gasteiger partial charge on any atom is 0.251 e. The molecule has 0 saturated heterocycles. The fourth-order valence-corrected chi connectivity index (χ4v) is 3.50. The van der Waals surface area contributed by atoms with Crippen LogP contribution < -0.4 is 10.1 Å². The quantitative estimate of drug-likeness (QED) is 0.555. The Labute approximate surface area is 189 Å². The minimum Gasteiger partial charge on any atom is -0.488 e. The summed E-state index contributed by atoms with van der Waals surface area (Å²) in [6.45, 7) is 7.21. The average molecular weight is 432 g/mol. The number of carbonyl (C=O) groups excluding carboxylic acids is 2. The molecule has 0 spiro atoms. The van der Waals surface area contributed by atoms with Gasteiger partial charge in [0.2, 0.25) is 5.91 Å². The number of ether oxygens (including phenoxy) is 1. The van der Waals surface area contributed by atoms with Crippen molar-refractivity contribution in [3.63, 3.8) is 0 Å². The number of pyridine rings is 1. The van der Waals surface area contributed by atoms with E-state index in [1.807, 2.05) is 63.2 Å². The molecule has 0 saturated carbocycles. The first kappa shape index (κ1) is 23.0.